The van der Waals surface area contributed by atoms with Gasteiger partial charge in [-0.2, -0.15) is 0 Å². The Morgan fingerprint density at radius 1 is 1.07 bits per heavy atom. The van der Waals surface area contributed by atoms with Gasteiger partial charge in [-0.05, 0) is 48.4 Å². The van der Waals surface area contributed by atoms with Crippen molar-refractivity contribution in [1.29, 1.82) is 0 Å². The highest BCUT2D eigenvalue weighted by molar-refractivity contribution is 5.96. The van der Waals surface area contributed by atoms with E-state index in [9.17, 15) is 4.79 Å². The molecule has 1 aliphatic rings. The van der Waals surface area contributed by atoms with Crippen molar-refractivity contribution in [3.63, 3.8) is 0 Å². The van der Waals surface area contributed by atoms with E-state index in [1.807, 2.05) is 29.2 Å². The Balaban J connectivity index is 1.78. The van der Waals surface area contributed by atoms with Crippen molar-refractivity contribution in [1.82, 2.24) is 0 Å². The van der Waals surface area contributed by atoms with E-state index in [0.717, 1.165) is 42.1 Å². The first-order chi connectivity index (χ1) is 14.7. The second-order valence-electron chi connectivity index (χ2n) is 7.18. The lowest BCUT2D eigenvalue weighted by Gasteiger charge is -2.27. The van der Waals surface area contributed by atoms with Crippen LogP contribution in [0.4, 0.5) is 17.1 Å². The Bertz CT molecular complexity index is 829. The molecule has 1 amide bonds. The minimum Gasteiger partial charge on any atom is -0.390 e. The molecule has 1 aliphatic heterocycles. The van der Waals surface area contributed by atoms with Crippen molar-refractivity contribution in [2.75, 3.05) is 50.3 Å². The molecule has 0 aliphatic carbocycles. The Morgan fingerprint density at radius 3 is 2.27 bits per heavy atom. The highest BCUT2D eigenvalue weighted by Crippen LogP contribution is 2.38. The first-order valence-corrected chi connectivity index (χ1v) is 10.2. The zero-order chi connectivity index (χ0) is 21.3. The number of hydrogen-bond acceptors (Lipinski definition) is 5. The molecule has 30 heavy (non-hydrogen) atoms. The van der Waals surface area contributed by atoms with E-state index in [1.165, 1.54) is 6.34 Å². The molecule has 0 saturated carbocycles. The summed E-state index contributed by atoms with van der Waals surface area (Å²) in [6.07, 6.45) is 2.61. The molecule has 1 saturated heterocycles. The summed E-state index contributed by atoms with van der Waals surface area (Å²) < 4.78 is 10.5. The summed E-state index contributed by atoms with van der Waals surface area (Å²) in [5.74, 6) is 0.140. The Hall–Kier alpha value is -2.90. The highest BCUT2D eigenvalue weighted by Gasteiger charge is 2.33. The molecule has 160 valence electrons. The highest BCUT2D eigenvalue weighted by atomic mass is 16.5. The van der Waals surface area contributed by atoms with E-state index >= 15 is 0 Å². The third kappa shape index (κ3) is 5.17. The molecule has 0 spiro atoms. The Morgan fingerprint density at radius 2 is 1.70 bits per heavy atom. The molecule has 1 fully saturated rings. The van der Waals surface area contributed by atoms with Gasteiger partial charge in [0.2, 0.25) is 5.91 Å². The zero-order valence-electron chi connectivity index (χ0n) is 17.7. The lowest BCUT2D eigenvalue weighted by molar-refractivity contribution is -0.117. The van der Waals surface area contributed by atoms with Gasteiger partial charge in [0.05, 0.1) is 31.3 Å². The first kappa shape index (κ1) is 21.8. The summed E-state index contributed by atoms with van der Waals surface area (Å²) >= 11 is 0. The number of nitrogens with zero attached hydrogens (tertiary/aromatic N) is 3. The zero-order valence-corrected chi connectivity index (χ0v) is 17.7. The summed E-state index contributed by atoms with van der Waals surface area (Å²) in [5, 5.41) is 0. The standard InChI is InChI=1S/C23H30N4O3/c1-29-15-13-26(14-16-30-2)20-7-3-18(4-8-20)22-11-12-23(28)27(22)21-9-5-19(6-10-21)25-17-24/h3-10,17,22H,11-16H2,1-2H3,(H2,24,25)/t22-/m1/s1. The van der Waals surface area contributed by atoms with E-state index in [1.54, 1.807) is 14.2 Å². The van der Waals surface area contributed by atoms with E-state index in [4.69, 9.17) is 15.2 Å². The van der Waals surface area contributed by atoms with Crippen LogP contribution in [0.1, 0.15) is 24.4 Å². The third-order valence-electron chi connectivity index (χ3n) is 5.34. The Labute approximate surface area is 178 Å². The molecule has 2 aromatic carbocycles. The fourth-order valence-electron chi connectivity index (χ4n) is 3.79. The first-order valence-electron chi connectivity index (χ1n) is 10.2. The molecular formula is C23H30N4O3. The lowest BCUT2D eigenvalue weighted by atomic mass is 10.0. The predicted octanol–water partition coefficient (Wildman–Crippen LogP) is 3.27. The van der Waals surface area contributed by atoms with E-state index < -0.39 is 0 Å². The van der Waals surface area contributed by atoms with Gasteiger partial charge in [0, 0.05) is 45.1 Å². The topological polar surface area (TPSA) is 80.4 Å². The molecule has 0 radical (unpaired) electrons. The van der Waals surface area contributed by atoms with Crippen LogP contribution in [0, 0.1) is 0 Å². The summed E-state index contributed by atoms with van der Waals surface area (Å²) in [7, 11) is 3.41. The number of amides is 1. The van der Waals surface area contributed by atoms with Gasteiger partial charge in [0.25, 0.3) is 0 Å². The van der Waals surface area contributed by atoms with Crippen molar-refractivity contribution in [3.05, 3.63) is 54.1 Å². The van der Waals surface area contributed by atoms with Gasteiger partial charge in [0.15, 0.2) is 0 Å². The maximum Gasteiger partial charge on any atom is 0.227 e. The van der Waals surface area contributed by atoms with Crippen molar-refractivity contribution in [2.24, 2.45) is 10.7 Å². The minimum absolute atomic E-state index is 0.0295. The number of rotatable bonds is 10. The summed E-state index contributed by atoms with van der Waals surface area (Å²) in [6.45, 7) is 2.90. The second-order valence-corrected chi connectivity index (χ2v) is 7.18. The van der Waals surface area contributed by atoms with Crippen LogP contribution < -0.4 is 15.5 Å². The molecule has 0 unspecified atom stereocenters. The normalized spacial score (nSPS) is 16.5. The maximum atomic E-state index is 12.6. The molecule has 0 aromatic heterocycles. The van der Waals surface area contributed by atoms with Crippen molar-refractivity contribution < 1.29 is 14.3 Å². The number of carbonyl (C=O) groups excluding carboxylic acids is 1. The largest absolute Gasteiger partial charge is 0.390 e. The van der Waals surface area contributed by atoms with Gasteiger partial charge in [-0.15, -0.1) is 0 Å². The van der Waals surface area contributed by atoms with Crippen LogP contribution in [0.3, 0.4) is 0 Å². The van der Waals surface area contributed by atoms with Crippen LogP contribution in [-0.4, -0.2) is 52.8 Å². The summed E-state index contributed by atoms with van der Waals surface area (Å²) in [4.78, 5) is 20.8. The summed E-state index contributed by atoms with van der Waals surface area (Å²) in [5.41, 5.74) is 9.25. The fraction of sp³-hybridized carbons (Fsp3) is 0.391. The average Bonchev–Trinajstić information content (AvgIpc) is 3.16. The van der Waals surface area contributed by atoms with Gasteiger partial charge < -0.3 is 25.0 Å². The monoisotopic (exact) mass is 410 g/mol. The number of anilines is 2. The van der Waals surface area contributed by atoms with E-state index in [2.05, 4.69) is 34.2 Å². The van der Waals surface area contributed by atoms with Crippen LogP contribution in [-0.2, 0) is 14.3 Å². The molecule has 3 rings (SSSR count). The van der Waals surface area contributed by atoms with E-state index in [-0.39, 0.29) is 11.9 Å². The molecule has 2 aromatic rings. The van der Waals surface area contributed by atoms with E-state index in [0.29, 0.717) is 19.6 Å². The minimum atomic E-state index is 0.0295. The van der Waals surface area contributed by atoms with Gasteiger partial charge in [-0.1, -0.05) is 12.1 Å². The van der Waals surface area contributed by atoms with Crippen molar-refractivity contribution in [3.8, 4) is 0 Å². The number of hydrogen-bond donors (Lipinski definition) is 1. The van der Waals surface area contributed by atoms with Crippen LogP contribution in [0.5, 0.6) is 0 Å². The number of methoxy groups -OCH3 is 2. The average molecular weight is 411 g/mol. The number of aliphatic imine (C=N–C) groups is 1. The lowest BCUT2D eigenvalue weighted by Crippen LogP contribution is -2.30. The molecule has 2 N–H and O–H groups in total. The molecule has 1 atom stereocenters. The molecule has 7 nitrogen and oxygen atoms in total. The number of benzene rings is 2. The van der Waals surface area contributed by atoms with Gasteiger partial charge in [-0.25, -0.2) is 4.99 Å². The van der Waals surface area contributed by atoms with Crippen LogP contribution in [0.25, 0.3) is 0 Å². The molecular weight excluding hydrogens is 380 g/mol. The predicted molar refractivity (Wildman–Crippen MR) is 121 cm³/mol. The van der Waals surface area contributed by atoms with Crippen LogP contribution in [0.2, 0.25) is 0 Å². The Kier molecular flexibility index (Phi) is 7.82. The van der Waals surface area contributed by atoms with Gasteiger partial charge in [0.1, 0.15) is 0 Å². The second kappa shape index (κ2) is 10.8. The number of carbonyl (C=O) groups is 1. The molecule has 7 heteroatoms. The maximum absolute atomic E-state index is 12.6. The smallest absolute Gasteiger partial charge is 0.227 e. The third-order valence-corrected chi connectivity index (χ3v) is 5.34. The summed E-state index contributed by atoms with van der Waals surface area (Å²) in [6, 6.07) is 16.1. The van der Waals surface area contributed by atoms with Crippen molar-refractivity contribution >= 4 is 29.3 Å². The van der Waals surface area contributed by atoms with Gasteiger partial charge >= 0.3 is 0 Å². The van der Waals surface area contributed by atoms with Crippen LogP contribution >= 0.6 is 0 Å². The quantitative estimate of drug-likeness (QED) is 0.480. The van der Waals surface area contributed by atoms with Crippen molar-refractivity contribution in [2.45, 2.75) is 18.9 Å². The molecule has 1 heterocycles. The molecule has 0 bridgehead atoms. The fourth-order valence-corrected chi connectivity index (χ4v) is 3.79. The SMILES string of the molecule is COCCN(CCOC)c1ccc([C@H]2CCC(=O)N2c2ccc(N=CN)cc2)cc1. The van der Waals surface area contributed by atoms with Gasteiger partial charge in [-0.3, -0.25) is 4.79 Å². The number of nitrogens with two attached hydrogens (primary N) is 1. The number of ether oxygens (including phenoxy) is 2. The van der Waals surface area contributed by atoms with Crippen LogP contribution in [0.15, 0.2) is 53.5 Å².